The maximum absolute atomic E-state index is 10.9. The predicted molar refractivity (Wildman–Crippen MR) is 65.6 cm³/mol. The summed E-state index contributed by atoms with van der Waals surface area (Å²) in [4.78, 5) is 26.5. The lowest BCUT2D eigenvalue weighted by atomic mass is 10.2. The molecule has 0 aliphatic carbocycles. The Balaban J connectivity index is 3.11. The molecular weight excluding hydrogens is 238 g/mol. The Bertz CT molecular complexity index is 448. The summed E-state index contributed by atoms with van der Waals surface area (Å²) in [7, 11) is 0. The molecule has 0 aliphatic rings. The van der Waals surface area contributed by atoms with Crippen LogP contribution in [0.25, 0.3) is 0 Å². The Morgan fingerprint density at radius 3 is 2.78 bits per heavy atom. The van der Waals surface area contributed by atoms with E-state index in [1.54, 1.807) is 0 Å². The highest BCUT2D eigenvalue weighted by molar-refractivity contribution is 5.74. The topological polar surface area (TPSA) is 96.6 Å². The normalized spacial score (nSPS) is 10.4. The van der Waals surface area contributed by atoms with Crippen molar-refractivity contribution in [3.8, 4) is 0 Å². The lowest BCUT2D eigenvalue weighted by Gasteiger charge is -2.23. The van der Waals surface area contributed by atoms with Crippen molar-refractivity contribution in [3.05, 3.63) is 28.4 Å². The number of hydrogen-bond donors (Lipinski definition) is 1. The van der Waals surface area contributed by atoms with E-state index in [1.807, 2.05) is 13.8 Å². The fraction of sp³-hybridized carbons (Fsp3) is 0.455. The summed E-state index contributed by atoms with van der Waals surface area (Å²) >= 11 is 0. The molecule has 0 fully saturated rings. The quantitative estimate of drug-likeness (QED) is 0.610. The molecule has 1 heterocycles. The molecule has 0 amide bonds. The van der Waals surface area contributed by atoms with E-state index in [0.717, 1.165) is 0 Å². The molecule has 1 N–H and O–H groups in total. The standard InChI is InChI=1S/C11H15N3O4/c1-8(2)6-13(7-10(15)16)11-9(14(17)18)4-3-5-12-11/h3-5,8H,6-7H2,1-2H3,(H,15,16). The van der Waals surface area contributed by atoms with Crippen LogP contribution in [0.4, 0.5) is 11.5 Å². The maximum atomic E-state index is 10.9. The summed E-state index contributed by atoms with van der Waals surface area (Å²) in [6, 6.07) is 2.77. The number of anilines is 1. The predicted octanol–water partition coefficient (Wildman–Crippen LogP) is 1.54. The molecule has 7 nitrogen and oxygen atoms in total. The van der Waals surface area contributed by atoms with Crippen LogP contribution in [0.15, 0.2) is 18.3 Å². The van der Waals surface area contributed by atoms with E-state index in [0.29, 0.717) is 6.54 Å². The van der Waals surface area contributed by atoms with Gasteiger partial charge in [-0.25, -0.2) is 4.98 Å². The number of nitro groups is 1. The van der Waals surface area contributed by atoms with Crippen LogP contribution in [-0.2, 0) is 4.79 Å². The molecule has 1 aromatic heterocycles. The van der Waals surface area contributed by atoms with Crippen LogP contribution >= 0.6 is 0 Å². The lowest BCUT2D eigenvalue weighted by molar-refractivity contribution is -0.384. The van der Waals surface area contributed by atoms with Gasteiger partial charge in [-0.2, -0.15) is 0 Å². The molecule has 1 aromatic rings. The zero-order valence-electron chi connectivity index (χ0n) is 10.2. The summed E-state index contributed by atoms with van der Waals surface area (Å²) in [6.45, 7) is 3.90. The van der Waals surface area contributed by atoms with E-state index >= 15 is 0 Å². The minimum Gasteiger partial charge on any atom is -0.480 e. The van der Waals surface area contributed by atoms with Gasteiger partial charge < -0.3 is 10.0 Å². The molecule has 18 heavy (non-hydrogen) atoms. The second-order valence-electron chi connectivity index (χ2n) is 4.27. The number of pyridine rings is 1. The van der Waals surface area contributed by atoms with Crippen molar-refractivity contribution in [2.45, 2.75) is 13.8 Å². The van der Waals surface area contributed by atoms with Crippen LogP contribution in [0, 0.1) is 16.0 Å². The summed E-state index contributed by atoms with van der Waals surface area (Å²) < 4.78 is 0. The Labute approximate surface area is 104 Å². The van der Waals surface area contributed by atoms with Crippen LogP contribution in [0.1, 0.15) is 13.8 Å². The first kappa shape index (κ1) is 13.9. The van der Waals surface area contributed by atoms with E-state index in [9.17, 15) is 14.9 Å². The van der Waals surface area contributed by atoms with E-state index in [1.165, 1.54) is 23.2 Å². The Morgan fingerprint density at radius 2 is 2.28 bits per heavy atom. The van der Waals surface area contributed by atoms with Crippen molar-refractivity contribution >= 4 is 17.5 Å². The van der Waals surface area contributed by atoms with Crippen LogP contribution < -0.4 is 4.90 Å². The number of aliphatic carboxylic acids is 1. The van der Waals surface area contributed by atoms with Gasteiger partial charge in [0.05, 0.1) is 4.92 Å². The number of aromatic nitrogens is 1. The number of hydrogen-bond acceptors (Lipinski definition) is 5. The molecule has 7 heteroatoms. The second-order valence-corrected chi connectivity index (χ2v) is 4.27. The third kappa shape index (κ3) is 3.69. The Kier molecular flexibility index (Phi) is 4.59. The molecule has 0 saturated heterocycles. The molecule has 1 rings (SSSR count). The zero-order valence-corrected chi connectivity index (χ0v) is 10.2. The first-order valence-corrected chi connectivity index (χ1v) is 5.48. The fourth-order valence-corrected chi connectivity index (χ4v) is 1.60. The number of rotatable bonds is 6. The van der Waals surface area contributed by atoms with E-state index in [4.69, 9.17) is 5.11 Å². The highest BCUT2D eigenvalue weighted by Crippen LogP contribution is 2.25. The van der Waals surface area contributed by atoms with Gasteiger partial charge in [-0.15, -0.1) is 0 Å². The molecule has 0 saturated carbocycles. The van der Waals surface area contributed by atoms with Crippen LogP contribution in [0.5, 0.6) is 0 Å². The Morgan fingerprint density at radius 1 is 1.61 bits per heavy atom. The van der Waals surface area contributed by atoms with E-state index < -0.39 is 10.9 Å². The van der Waals surface area contributed by atoms with Gasteiger partial charge in [-0.1, -0.05) is 13.8 Å². The molecule has 0 aromatic carbocycles. The van der Waals surface area contributed by atoms with Gasteiger partial charge in [0.25, 0.3) is 0 Å². The number of carboxylic acids is 1. The van der Waals surface area contributed by atoms with Crippen molar-refractivity contribution in [1.29, 1.82) is 0 Å². The first-order valence-electron chi connectivity index (χ1n) is 5.48. The van der Waals surface area contributed by atoms with Crippen molar-refractivity contribution in [1.82, 2.24) is 4.98 Å². The average molecular weight is 253 g/mol. The van der Waals surface area contributed by atoms with E-state index in [2.05, 4.69) is 4.98 Å². The largest absolute Gasteiger partial charge is 0.480 e. The van der Waals surface area contributed by atoms with Crippen molar-refractivity contribution < 1.29 is 14.8 Å². The summed E-state index contributed by atoms with van der Waals surface area (Å²) in [5, 5.41) is 19.7. The zero-order chi connectivity index (χ0) is 13.7. The molecule has 0 aliphatic heterocycles. The molecule has 98 valence electrons. The van der Waals surface area contributed by atoms with Gasteiger partial charge in [-0.05, 0) is 12.0 Å². The molecule has 0 atom stereocenters. The minimum atomic E-state index is -1.05. The van der Waals surface area contributed by atoms with Gasteiger partial charge in [0, 0.05) is 18.8 Å². The SMILES string of the molecule is CC(C)CN(CC(=O)O)c1ncccc1[N+](=O)[O-]. The smallest absolute Gasteiger partial charge is 0.323 e. The van der Waals surface area contributed by atoms with Gasteiger partial charge in [0.15, 0.2) is 0 Å². The maximum Gasteiger partial charge on any atom is 0.323 e. The fourth-order valence-electron chi connectivity index (χ4n) is 1.60. The van der Waals surface area contributed by atoms with Crippen molar-refractivity contribution in [2.24, 2.45) is 5.92 Å². The summed E-state index contributed by atoms with van der Waals surface area (Å²) in [5.74, 6) is -0.778. The van der Waals surface area contributed by atoms with Crippen molar-refractivity contribution in [2.75, 3.05) is 18.0 Å². The highest BCUT2D eigenvalue weighted by Gasteiger charge is 2.22. The highest BCUT2D eigenvalue weighted by atomic mass is 16.6. The molecule has 0 bridgehead atoms. The number of carboxylic acid groups (broad SMARTS) is 1. The minimum absolute atomic E-state index is 0.0959. The average Bonchev–Trinajstić information content (AvgIpc) is 2.26. The molecule has 0 radical (unpaired) electrons. The number of carbonyl (C=O) groups is 1. The van der Waals surface area contributed by atoms with Gasteiger partial charge in [0.1, 0.15) is 6.54 Å². The van der Waals surface area contributed by atoms with Gasteiger partial charge in [-0.3, -0.25) is 14.9 Å². The third-order valence-corrected chi connectivity index (χ3v) is 2.17. The van der Waals surface area contributed by atoms with Crippen molar-refractivity contribution in [3.63, 3.8) is 0 Å². The van der Waals surface area contributed by atoms with E-state index in [-0.39, 0.29) is 24.0 Å². The first-order chi connectivity index (χ1) is 8.41. The summed E-state index contributed by atoms with van der Waals surface area (Å²) in [5.41, 5.74) is -0.181. The van der Waals surface area contributed by atoms with Gasteiger partial charge >= 0.3 is 11.7 Å². The molecular formula is C11H15N3O4. The molecule has 0 unspecified atom stereocenters. The Hall–Kier alpha value is -2.18. The van der Waals surface area contributed by atoms with Crippen LogP contribution in [0.2, 0.25) is 0 Å². The van der Waals surface area contributed by atoms with Crippen LogP contribution in [-0.4, -0.2) is 34.1 Å². The molecule has 0 spiro atoms. The monoisotopic (exact) mass is 253 g/mol. The lowest BCUT2D eigenvalue weighted by Crippen LogP contribution is -2.34. The number of nitrogens with zero attached hydrogens (tertiary/aromatic N) is 3. The second kappa shape index (κ2) is 5.95. The van der Waals surface area contributed by atoms with Crippen LogP contribution in [0.3, 0.4) is 0 Å². The summed E-state index contributed by atoms with van der Waals surface area (Å²) in [6.07, 6.45) is 1.41. The third-order valence-electron chi connectivity index (χ3n) is 2.17. The van der Waals surface area contributed by atoms with Gasteiger partial charge in [0.2, 0.25) is 5.82 Å².